The van der Waals surface area contributed by atoms with Crippen LogP contribution >= 0.6 is 0 Å². The smallest absolute Gasteiger partial charge is 0.228 e. The molecule has 1 fully saturated rings. The van der Waals surface area contributed by atoms with E-state index in [0.717, 1.165) is 33.6 Å². The van der Waals surface area contributed by atoms with Crippen LogP contribution in [0.4, 0.5) is 11.4 Å². The van der Waals surface area contributed by atoms with E-state index in [1.165, 1.54) is 0 Å². The van der Waals surface area contributed by atoms with Gasteiger partial charge in [-0.1, -0.05) is 29.8 Å². The quantitative estimate of drug-likeness (QED) is 0.882. The zero-order valence-corrected chi connectivity index (χ0v) is 15.1. The maximum absolute atomic E-state index is 12.4. The van der Waals surface area contributed by atoms with Crippen molar-refractivity contribution in [1.29, 1.82) is 0 Å². The second-order valence-corrected chi connectivity index (χ2v) is 7.06. The topological polar surface area (TPSA) is 58.2 Å². The highest BCUT2D eigenvalue weighted by atomic mass is 16.2. The molecule has 1 aliphatic rings. The third-order valence-corrected chi connectivity index (χ3v) is 4.75. The molecule has 130 valence electrons. The Balaban J connectivity index is 1.60. The van der Waals surface area contributed by atoms with Crippen molar-refractivity contribution in [3.8, 4) is 0 Å². The molecular formula is C21H24N2O2. The van der Waals surface area contributed by atoms with Crippen LogP contribution in [0.1, 0.15) is 28.7 Å². The second kappa shape index (κ2) is 6.71. The van der Waals surface area contributed by atoms with Gasteiger partial charge in [0, 0.05) is 11.4 Å². The summed E-state index contributed by atoms with van der Waals surface area (Å²) in [5.74, 6) is -0.640. The van der Waals surface area contributed by atoms with Crippen LogP contribution in [0, 0.1) is 39.5 Å². The van der Waals surface area contributed by atoms with Crippen molar-refractivity contribution in [3.63, 3.8) is 0 Å². The lowest BCUT2D eigenvalue weighted by molar-refractivity contribution is -0.122. The van der Waals surface area contributed by atoms with E-state index in [0.29, 0.717) is 6.42 Å². The Bertz CT molecular complexity index is 842. The molecule has 4 heteroatoms. The molecule has 3 rings (SSSR count). The lowest BCUT2D eigenvalue weighted by Crippen LogP contribution is -2.21. The van der Waals surface area contributed by atoms with E-state index in [2.05, 4.69) is 10.6 Å². The van der Waals surface area contributed by atoms with Crippen LogP contribution in [0.5, 0.6) is 0 Å². The average Bonchev–Trinajstić information content (AvgIpc) is 3.34. The molecule has 0 saturated heterocycles. The molecule has 2 N–H and O–H groups in total. The number of carbonyl (C=O) groups is 2. The van der Waals surface area contributed by atoms with Crippen LogP contribution in [0.2, 0.25) is 0 Å². The fraction of sp³-hybridized carbons (Fsp3) is 0.333. The van der Waals surface area contributed by atoms with E-state index < -0.39 is 0 Å². The van der Waals surface area contributed by atoms with Crippen molar-refractivity contribution < 1.29 is 9.59 Å². The number of nitrogens with one attached hydrogen (secondary N) is 2. The highest BCUT2D eigenvalue weighted by Crippen LogP contribution is 2.40. The van der Waals surface area contributed by atoms with Crippen LogP contribution in [0.15, 0.2) is 36.4 Å². The van der Waals surface area contributed by atoms with Gasteiger partial charge >= 0.3 is 0 Å². The number of amides is 2. The lowest BCUT2D eigenvalue weighted by Gasteiger charge is -2.10. The largest absolute Gasteiger partial charge is 0.326 e. The highest BCUT2D eigenvalue weighted by Gasteiger charge is 2.48. The summed E-state index contributed by atoms with van der Waals surface area (Å²) in [5, 5.41) is 5.91. The molecule has 0 bridgehead atoms. The summed E-state index contributed by atoms with van der Waals surface area (Å²) in [4.78, 5) is 24.8. The minimum Gasteiger partial charge on any atom is -0.326 e. The fourth-order valence-corrected chi connectivity index (χ4v) is 3.05. The first-order valence-corrected chi connectivity index (χ1v) is 8.61. The zero-order chi connectivity index (χ0) is 18.1. The lowest BCUT2D eigenvalue weighted by atomic mass is 10.1. The molecular weight excluding hydrogens is 312 g/mol. The molecule has 2 amide bonds. The maximum Gasteiger partial charge on any atom is 0.228 e. The van der Waals surface area contributed by atoms with E-state index in [4.69, 9.17) is 0 Å². The van der Waals surface area contributed by atoms with Crippen LogP contribution in [-0.4, -0.2) is 11.8 Å². The third kappa shape index (κ3) is 3.90. The Kier molecular flexibility index (Phi) is 4.62. The predicted octanol–water partition coefficient (Wildman–Crippen LogP) is 4.13. The van der Waals surface area contributed by atoms with Crippen LogP contribution < -0.4 is 10.6 Å². The summed E-state index contributed by atoms with van der Waals surface area (Å²) in [6.45, 7) is 7.95. The minimum absolute atomic E-state index is 0.0746. The first-order chi connectivity index (χ1) is 11.8. The summed E-state index contributed by atoms with van der Waals surface area (Å²) in [5.41, 5.74) is 5.96. The van der Waals surface area contributed by atoms with Gasteiger partial charge in [-0.25, -0.2) is 0 Å². The molecule has 0 aliphatic heterocycles. The fourth-order valence-electron chi connectivity index (χ4n) is 3.05. The standard InChI is InChI=1S/C21H24N2O2/c1-12-6-8-18(15(4)9-12)22-20(24)16-11-17(16)21(25)23-19-10-13(2)5-7-14(19)3/h5-10,16-17H,11H2,1-4H3,(H,22,24)(H,23,25). The molecule has 0 heterocycles. The summed E-state index contributed by atoms with van der Waals surface area (Å²) >= 11 is 0. The molecule has 25 heavy (non-hydrogen) atoms. The number of carbonyl (C=O) groups excluding carboxylic acids is 2. The van der Waals surface area contributed by atoms with Crippen molar-refractivity contribution in [2.75, 3.05) is 10.6 Å². The van der Waals surface area contributed by atoms with Crippen molar-refractivity contribution >= 4 is 23.2 Å². The minimum atomic E-state index is -0.245. The zero-order valence-electron chi connectivity index (χ0n) is 15.1. The van der Waals surface area contributed by atoms with E-state index in [1.807, 2.05) is 64.1 Å². The number of hydrogen-bond acceptors (Lipinski definition) is 2. The van der Waals surface area contributed by atoms with Crippen molar-refractivity contribution in [2.45, 2.75) is 34.1 Å². The molecule has 0 aromatic heterocycles. The van der Waals surface area contributed by atoms with Gasteiger partial charge in [0.25, 0.3) is 0 Å². The second-order valence-electron chi connectivity index (χ2n) is 7.06. The Labute approximate surface area is 148 Å². The van der Waals surface area contributed by atoms with E-state index in [-0.39, 0.29) is 23.7 Å². The predicted molar refractivity (Wildman–Crippen MR) is 101 cm³/mol. The van der Waals surface area contributed by atoms with Gasteiger partial charge in [0.2, 0.25) is 11.8 Å². The normalized spacial score (nSPS) is 18.6. The van der Waals surface area contributed by atoms with Crippen LogP contribution in [-0.2, 0) is 9.59 Å². The van der Waals surface area contributed by atoms with Crippen molar-refractivity contribution in [2.24, 2.45) is 11.8 Å². The summed E-state index contributed by atoms with van der Waals surface area (Å²) in [6, 6.07) is 11.9. The number of anilines is 2. The Morgan fingerprint density at radius 2 is 1.32 bits per heavy atom. The number of aryl methyl sites for hydroxylation is 4. The van der Waals surface area contributed by atoms with Gasteiger partial charge in [0.15, 0.2) is 0 Å². The molecule has 0 radical (unpaired) electrons. The third-order valence-electron chi connectivity index (χ3n) is 4.75. The molecule has 4 nitrogen and oxygen atoms in total. The SMILES string of the molecule is Cc1ccc(NC(=O)C2CC2C(=O)Nc2cc(C)ccc2C)c(C)c1. The Morgan fingerprint density at radius 3 is 1.96 bits per heavy atom. The van der Waals surface area contributed by atoms with E-state index in [1.54, 1.807) is 0 Å². The van der Waals surface area contributed by atoms with Crippen LogP contribution in [0.3, 0.4) is 0 Å². The first kappa shape index (κ1) is 17.2. The van der Waals surface area contributed by atoms with Gasteiger partial charge in [-0.2, -0.15) is 0 Å². The maximum atomic E-state index is 12.4. The Morgan fingerprint density at radius 1 is 0.760 bits per heavy atom. The molecule has 1 saturated carbocycles. The van der Waals surface area contributed by atoms with E-state index >= 15 is 0 Å². The number of rotatable bonds is 4. The summed E-state index contributed by atoms with van der Waals surface area (Å²) < 4.78 is 0. The van der Waals surface area contributed by atoms with Gasteiger partial charge in [-0.15, -0.1) is 0 Å². The Hall–Kier alpha value is -2.62. The van der Waals surface area contributed by atoms with Crippen molar-refractivity contribution in [1.82, 2.24) is 0 Å². The molecule has 0 spiro atoms. The van der Waals surface area contributed by atoms with Crippen LogP contribution in [0.25, 0.3) is 0 Å². The van der Waals surface area contributed by atoms with E-state index in [9.17, 15) is 9.59 Å². The van der Waals surface area contributed by atoms with Gasteiger partial charge < -0.3 is 10.6 Å². The molecule has 2 aromatic rings. The van der Waals surface area contributed by atoms with Gasteiger partial charge in [-0.3, -0.25) is 9.59 Å². The first-order valence-electron chi connectivity index (χ1n) is 8.61. The molecule has 1 aliphatic carbocycles. The highest BCUT2D eigenvalue weighted by molar-refractivity contribution is 6.03. The van der Waals surface area contributed by atoms with Gasteiger partial charge in [-0.05, 0) is 62.9 Å². The summed E-state index contributed by atoms with van der Waals surface area (Å²) in [6.07, 6.45) is 0.605. The number of benzene rings is 2. The van der Waals surface area contributed by atoms with Gasteiger partial charge in [0.1, 0.15) is 0 Å². The molecule has 2 unspecified atom stereocenters. The summed E-state index contributed by atoms with van der Waals surface area (Å²) in [7, 11) is 0. The monoisotopic (exact) mass is 336 g/mol. The molecule has 2 atom stereocenters. The van der Waals surface area contributed by atoms with Crippen molar-refractivity contribution in [3.05, 3.63) is 58.7 Å². The number of hydrogen-bond donors (Lipinski definition) is 2. The molecule has 2 aromatic carbocycles. The van der Waals surface area contributed by atoms with Gasteiger partial charge in [0.05, 0.1) is 11.8 Å². The average molecular weight is 336 g/mol.